The molecule has 0 atom stereocenters. The second-order valence-electron chi connectivity index (χ2n) is 5.28. The number of ether oxygens (including phenoxy) is 2. The molecule has 6 nitrogen and oxygen atoms in total. The van der Waals surface area contributed by atoms with Crippen LogP contribution in [-0.4, -0.2) is 37.7 Å². The van der Waals surface area contributed by atoms with Crippen LogP contribution in [0.25, 0.3) is 0 Å². The number of esters is 1. The summed E-state index contributed by atoms with van der Waals surface area (Å²) >= 11 is 1.62. The van der Waals surface area contributed by atoms with E-state index in [1.807, 2.05) is 24.4 Å². The zero-order valence-corrected chi connectivity index (χ0v) is 15.4. The third kappa shape index (κ3) is 4.96. The molecule has 1 heterocycles. The second-order valence-corrected chi connectivity index (χ2v) is 6.31. The standard InChI is InChI=1S/C18H22N2O4S/c1-4-20(12-14-6-5-9-25-14)18(22)19-11-13-7-8-16(23-2)15(10-13)17(21)24-3/h5-10H,4,11-12H2,1-3H3,(H,19,22). The molecule has 2 rings (SSSR count). The van der Waals surface area contributed by atoms with Crippen LogP contribution in [0, 0.1) is 0 Å². The molecular formula is C18H22N2O4S. The number of carbonyl (C=O) groups excluding carboxylic acids is 2. The highest BCUT2D eigenvalue weighted by atomic mass is 32.1. The highest BCUT2D eigenvalue weighted by Crippen LogP contribution is 2.21. The molecule has 7 heteroatoms. The maximum atomic E-state index is 12.4. The summed E-state index contributed by atoms with van der Waals surface area (Å²) in [5.41, 5.74) is 1.13. The fourth-order valence-electron chi connectivity index (χ4n) is 2.34. The number of benzene rings is 1. The molecule has 1 aromatic carbocycles. The molecule has 0 aliphatic carbocycles. The van der Waals surface area contributed by atoms with E-state index < -0.39 is 5.97 Å². The number of hydrogen-bond donors (Lipinski definition) is 1. The number of nitrogens with one attached hydrogen (secondary N) is 1. The SMILES string of the molecule is CCN(Cc1cccs1)C(=O)NCc1ccc(OC)c(C(=O)OC)c1. The summed E-state index contributed by atoms with van der Waals surface area (Å²) in [4.78, 5) is 27.1. The number of rotatable bonds is 7. The van der Waals surface area contributed by atoms with Gasteiger partial charge in [0.1, 0.15) is 11.3 Å². The Morgan fingerprint density at radius 3 is 2.64 bits per heavy atom. The predicted molar refractivity (Wildman–Crippen MR) is 97.0 cm³/mol. The number of thiophene rings is 1. The molecule has 2 amide bonds. The monoisotopic (exact) mass is 362 g/mol. The van der Waals surface area contributed by atoms with Crippen molar-refractivity contribution < 1.29 is 19.1 Å². The van der Waals surface area contributed by atoms with Gasteiger partial charge < -0.3 is 19.7 Å². The Balaban J connectivity index is 2.01. The zero-order valence-electron chi connectivity index (χ0n) is 14.6. The zero-order chi connectivity index (χ0) is 18.2. The first-order chi connectivity index (χ1) is 12.1. The summed E-state index contributed by atoms with van der Waals surface area (Å²) in [5, 5.41) is 4.88. The first kappa shape index (κ1) is 18.8. The van der Waals surface area contributed by atoms with E-state index in [4.69, 9.17) is 9.47 Å². The van der Waals surface area contributed by atoms with Crippen LogP contribution in [-0.2, 0) is 17.8 Å². The Bertz CT molecular complexity index is 716. The first-order valence-corrected chi connectivity index (χ1v) is 8.77. The van der Waals surface area contributed by atoms with Gasteiger partial charge in [-0.2, -0.15) is 0 Å². The van der Waals surface area contributed by atoms with E-state index >= 15 is 0 Å². The Morgan fingerprint density at radius 2 is 2.04 bits per heavy atom. The van der Waals surface area contributed by atoms with Crippen LogP contribution >= 0.6 is 11.3 Å². The molecule has 0 aliphatic rings. The van der Waals surface area contributed by atoms with Crippen molar-refractivity contribution >= 4 is 23.3 Å². The molecule has 1 aromatic heterocycles. The van der Waals surface area contributed by atoms with Crippen LogP contribution in [0.15, 0.2) is 35.7 Å². The molecule has 1 N–H and O–H groups in total. The van der Waals surface area contributed by atoms with E-state index in [0.29, 0.717) is 30.9 Å². The minimum atomic E-state index is -0.474. The van der Waals surface area contributed by atoms with Gasteiger partial charge in [-0.15, -0.1) is 11.3 Å². The summed E-state index contributed by atoms with van der Waals surface area (Å²) in [6, 6.07) is 8.99. The van der Waals surface area contributed by atoms with Crippen molar-refractivity contribution in [1.82, 2.24) is 10.2 Å². The van der Waals surface area contributed by atoms with Gasteiger partial charge in [0, 0.05) is 18.0 Å². The molecule has 134 valence electrons. The molecule has 0 aliphatic heterocycles. The van der Waals surface area contributed by atoms with E-state index in [0.717, 1.165) is 10.4 Å². The maximum Gasteiger partial charge on any atom is 0.341 e. The quantitative estimate of drug-likeness (QED) is 0.768. The lowest BCUT2D eigenvalue weighted by Gasteiger charge is -2.21. The third-order valence-electron chi connectivity index (χ3n) is 3.71. The average molecular weight is 362 g/mol. The summed E-state index contributed by atoms with van der Waals surface area (Å²) in [6.45, 7) is 3.44. The molecule has 0 bridgehead atoms. The highest BCUT2D eigenvalue weighted by molar-refractivity contribution is 7.09. The van der Waals surface area contributed by atoms with E-state index in [1.165, 1.54) is 14.2 Å². The van der Waals surface area contributed by atoms with Crippen molar-refractivity contribution in [3.05, 3.63) is 51.7 Å². The van der Waals surface area contributed by atoms with E-state index in [2.05, 4.69) is 5.32 Å². The Labute approximate surface area is 151 Å². The smallest absolute Gasteiger partial charge is 0.341 e. The highest BCUT2D eigenvalue weighted by Gasteiger charge is 2.15. The Hall–Kier alpha value is -2.54. The van der Waals surface area contributed by atoms with Gasteiger partial charge in [-0.1, -0.05) is 12.1 Å². The number of urea groups is 1. The fourth-order valence-corrected chi connectivity index (χ4v) is 3.06. The van der Waals surface area contributed by atoms with Crippen molar-refractivity contribution in [2.24, 2.45) is 0 Å². The topological polar surface area (TPSA) is 67.9 Å². The molecule has 25 heavy (non-hydrogen) atoms. The van der Waals surface area contributed by atoms with Gasteiger partial charge in [0.05, 0.1) is 20.8 Å². The lowest BCUT2D eigenvalue weighted by atomic mass is 10.1. The van der Waals surface area contributed by atoms with Crippen LogP contribution in [0.3, 0.4) is 0 Å². The molecule has 0 saturated heterocycles. The minimum Gasteiger partial charge on any atom is -0.496 e. The second kappa shape index (κ2) is 9.08. The van der Waals surface area contributed by atoms with E-state index in [-0.39, 0.29) is 6.03 Å². The van der Waals surface area contributed by atoms with Gasteiger partial charge in [-0.25, -0.2) is 9.59 Å². The van der Waals surface area contributed by atoms with Gasteiger partial charge in [0.2, 0.25) is 0 Å². The first-order valence-electron chi connectivity index (χ1n) is 7.89. The summed E-state index contributed by atoms with van der Waals surface area (Å²) in [7, 11) is 2.81. The normalized spacial score (nSPS) is 10.2. The largest absolute Gasteiger partial charge is 0.496 e. The van der Waals surface area contributed by atoms with Crippen LogP contribution in [0.2, 0.25) is 0 Å². The Kier molecular flexibility index (Phi) is 6.82. The predicted octanol–water partition coefficient (Wildman–Crippen LogP) is 3.28. The van der Waals surface area contributed by atoms with E-state index in [1.54, 1.807) is 34.4 Å². The number of hydrogen-bond acceptors (Lipinski definition) is 5. The van der Waals surface area contributed by atoms with Crippen LogP contribution in [0.1, 0.15) is 27.7 Å². The molecule has 0 spiro atoms. The maximum absolute atomic E-state index is 12.4. The third-order valence-corrected chi connectivity index (χ3v) is 4.57. The van der Waals surface area contributed by atoms with Gasteiger partial charge in [0.25, 0.3) is 0 Å². The molecular weight excluding hydrogens is 340 g/mol. The summed E-state index contributed by atoms with van der Waals surface area (Å²) < 4.78 is 9.93. The molecule has 0 radical (unpaired) electrons. The summed E-state index contributed by atoms with van der Waals surface area (Å²) in [6.07, 6.45) is 0. The lowest BCUT2D eigenvalue weighted by Crippen LogP contribution is -2.38. The van der Waals surface area contributed by atoms with Gasteiger partial charge in [0.15, 0.2) is 0 Å². The van der Waals surface area contributed by atoms with Gasteiger partial charge >= 0.3 is 12.0 Å². The summed E-state index contributed by atoms with van der Waals surface area (Å²) in [5.74, 6) is -0.0345. The van der Waals surface area contributed by atoms with E-state index in [9.17, 15) is 9.59 Å². The van der Waals surface area contributed by atoms with Gasteiger partial charge in [-0.05, 0) is 36.1 Å². The minimum absolute atomic E-state index is 0.147. The molecule has 0 saturated carbocycles. The number of carbonyl (C=O) groups is 2. The van der Waals surface area contributed by atoms with Crippen molar-refractivity contribution in [1.29, 1.82) is 0 Å². The van der Waals surface area contributed by atoms with Crippen LogP contribution < -0.4 is 10.1 Å². The lowest BCUT2D eigenvalue weighted by molar-refractivity contribution is 0.0597. The van der Waals surface area contributed by atoms with Crippen molar-refractivity contribution in [3.8, 4) is 5.75 Å². The average Bonchev–Trinajstić information content (AvgIpc) is 3.16. The van der Waals surface area contributed by atoms with Crippen LogP contribution in [0.4, 0.5) is 4.79 Å². The Morgan fingerprint density at radius 1 is 1.24 bits per heavy atom. The fraction of sp³-hybridized carbons (Fsp3) is 0.333. The van der Waals surface area contributed by atoms with Crippen molar-refractivity contribution in [3.63, 3.8) is 0 Å². The van der Waals surface area contributed by atoms with Crippen molar-refractivity contribution in [2.75, 3.05) is 20.8 Å². The molecule has 2 aromatic rings. The van der Waals surface area contributed by atoms with Crippen molar-refractivity contribution in [2.45, 2.75) is 20.0 Å². The number of methoxy groups -OCH3 is 2. The van der Waals surface area contributed by atoms with Crippen LogP contribution in [0.5, 0.6) is 5.75 Å². The number of nitrogens with zero attached hydrogens (tertiary/aromatic N) is 1. The molecule has 0 fully saturated rings. The molecule has 0 unspecified atom stereocenters. The number of amides is 2. The van der Waals surface area contributed by atoms with Gasteiger partial charge in [-0.3, -0.25) is 0 Å².